The molecule has 3 N–H and O–H groups in total. The molecule has 0 bridgehead atoms. The third-order valence-corrected chi connectivity index (χ3v) is 3.72. The van der Waals surface area contributed by atoms with E-state index in [0.717, 1.165) is 17.3 Å². The third-order valence-electron chi connectivity index (χ3n) is 3.02. The van der Waals surface area contributed by atoms with Gasteiger partial charge in [-0.2, -0.15) is 0 Å². The second-order valence-corrected chi connectivity index (χ2v) is 5.47. The average Bonchev–Trinajstić information content (AvgIpc) is 3.14. The minimum atomic E-state index is -0.891. The van der Waals surface area contributed by atoms with Gasteiger partial charge >= 0.3 is 12.0 Å². The molecule has 1 unspecified atom stereocenters. The van der Waals surface area contributed by atoms with E-state index in [1.807, 2.05) is 18.2 Å². The quantitative estimate of drug-likeness (QED) is 0.778. The summed E-state index contributed by atoms with van der Waals surface area (Å²) in [5.41, 5.74) is 0.657. The molecule has 1 saturated carbocycles. The highest BCUT2D eigenvalue weighted by molar-refractivity contribution is 9.10. The molecule has 1 aromatic rings. The van der Waals surface area contributed by atoms with Gasteiger partial charge in [0, 0.05) is 10.5 Å². The zero-order valence-corrected chi connectivity index (χ0v) is 11.8. The maximum atomic E-state index is 11.9. The number of urea groups is 1. The molecule has 0 spiro atoms. The first-order valence-electron chi connectivity index (χ1n) is 6.10. The fourth-order valence-electron chi connectivity index (χ4n) is 1.91. The van der Waals surface area contributed by atoms with Gasteiger partial charge in [0.1, 0.15) is 0 Å². The van der Waals surface area contributed by atoms with Crippen LogP contribution in [0.2, 0.25) is 0 Å². The number of para-hydroxylation sites is 1. The zero-order valence-electron chi connectivity index (χ0n) is 10.2. The fourth-order valence-corrected chi connectivity index (χ4v) is 2.30. The number of carbonyl (C=O) groups excluding carboxylic acids is 1. The summed E-state index contributed by atoms with van der Waals surface area (Å²) in [5.74, 6) is -0.598. The van der Waals surface area contributed by atoms with E-state index in [1.54, 1.807) is 6.07 Å². The number of carboxylic acids is 1. The van der Waals surface area contributed by atoms with Crippen molar-refractivity contribution in [3.05, 3.63) is 28.7 Å². The number of amides is 2. The van der Waals surface area contributed by atoms with Crippen molar-refractivity contribution < 1.29 is 14.7 Å². The molecule has 2 rings (SSSR count). The van der Waals surface area contributed by atoms with Crippen molar-refractivity contribution in [2.75, 3.05) is 5.32 Å². The molecule has 0 aromatic heterocycles. The molecule has 0 heterocycles. The lowest BCUT2D eigenvalue weighted by atomic mass is 10.1. The number of hydrogen-bond acceptors (Lipinski definition) is 2. The van der Waals surface area contributed by atoms with Crippen LogP contribution < -0.4 is 10.6 Å². The zero-order chi connectivity index (χ0) is 13.8. The van der Waals surface area contributed by atoms with E-state index in [1.165, 1.54) is 0 Å². The molecule has 0 saturated heterocycles. The summed E-state index contributed by atoms with van der Waals surface area (Å²) in [6.45, 7) is 0. The van der Waals surface area contributed by atoms with E-state index in [4.69, 9.17) is 5.11 Å². The van der Waals surface area contributed by atoms with Gasteiger partial charge in [0.25, 0.3) is 0 Å². The van der Waals surface area contributed by atoms with Crippen molar-refractivity contribution in [3.63, 3.8) is 0 Å². The lowest BCUT2D eigenvalue weighted by Gasteiger charge is -2.17. The molecule has 6 heteroatoms. The van der Waals surface area contributed by atoms with Crippen molar-refractivity contribution >= 4 is 33.6 Å². The van der Waals surface area contributed by atoms with Gasteiger partial charge in [-0.3, -0.25) is 4.79 Å². The van der Waals surface area contributed by atoms with Crippen LogP contribution in [0.5, 0.6) is 0 Å². The Labute approximate surface area is 119 Å². The number of nitrogens with one attached hydrogen (secondary N) is 2. The minimum absolute atomic E-state index is 0.0337. The SMILES string of the molecule is O=C(O)CC(NC(=O)Nc1ccccc1Br)C1CC1. The molecule has 0 aliphatic heterocycles. The lowest BCUT2D eigenvalue weighted by molar-refractivity contribution is -0.137. The summed E-state index contributed by atoms with van der Waals surface area (Å²) in [6.07, 6.45) is 1.93. The largest absolute Gasteiger partial charge is 0.481 e. The number of benzene rings is 1. The Balaban J connectivity index is 1.92. The molecular weight excluding hydrogens is 312 g/mol. The standard InChI is InChI=1S/C13H15BrN2O3/c14-9-3-1-2-4-10(9)15-13(19)16-11(7-12(17)18)8-5-6-8/h1-4,8,11H,5-7H2,(H,17,18)(H2,15,16,19). The first-order chi connectivity index (χ1) is 9.06. The number of hydrogen-bond donors (Lipinski definition) is 3. The van der Waals surface area contributed by atoms with Crippen molar-refractivity contribution in [3.8, 4) is 0 Å². The van der Waals surface area contributed by atoms with Gasteiger partial charge in [-0.15, -0.1) is 0 Å². The highest BCUT2D eigenvalue weighted by Crippen LogP contribution is 2.34. The smallest absolute Gasteiger partial charge is 0.319 e. The molecule has 1 fully saturated rings. The van der Waals surface area contributed by atoms with Gasteiger partial charge in [0.2, 0.25) is 0 Å². The van der Waals surface area contributed by atoms with Crippen LogP contribution in [0.15, 0.2) is 28.7 Å². The van der Waals surface area contributed by atoms with Gasteiger partial charge in [-0.25, -0.2) is 4.79 Å². The summed E-state index contributed by atoms with van der Waals surface area (Å²) < 4.78 is 0.784. The number of carbonyl (C=O) groups is 2. The van der Waals surface area contributed by atoms with Crippen LogP contribution in [-0.4, -0.2) is 23.1 Å². The molecule has 1 aromatic carbocycles. The van der Waals surface area contributed by atoms with Gasteiger partial charge in [0.05, 0.1) is 12.1 Å². The van der Waals surface area contributed by atoms with E-state index in [0.29, 0.717) is 11.6 Å². The van der Waals surface area contributed by atoms with E-state index in [2.05, 4.69) is 26.6 Å². The van der Waals surface area contributed by atoms with Crippen molar-refractivity contribution in [2.24, 2.45) is 5.92 Å². The second kappa shape index (κ2) is 6.06. The van der Waals surface area contributed by atoms with Crippen LogP contribution in [0.1, 0.15) is 19.3 Å². The third kappa shape index (κ3) is 4.24. The summed E-state index contributed by atoms with van der Waals surface area (Å²) in [6, 6.07) is 6.60. The van der Waals surface area contributed by atoms with Crippen LogP contribution in [0.4, 0.5) is 10.5 Å². The van der Waals surface area contributed by atoms with Crippen molar-refractivity contribution in [1.29, 1.82) is 0 Å². The first kappa shape index (κ1) is 13.9. The molecule has 0 radical (unpaired) electrons. The van der Waals surface area contributed by atoms with E-state index < -0.39 is 5.97 Å². The summed E-state index contributed by atoms with van der Waals surface area (Å²) in [4.78, 5) is 22.6. The van der Waals surface area contributed by atoms with Crippen LogP contribution in [0.25, 0.3) is 0 Å². The Morgan fingerprint density at radius 2 is 2.05 bits per heavy atom. The summed E-state index contributed by atoms with van der Waals surface area (Å²) in [7, 11) is 0. The number of rotatable bonds is 5. The summed E-state index contributed by atoms with van der Waals surface area (Å²) >= 11 is 3.34. The fraction of sp³-hybridized carbons (Fsp3) is 0.385. The van der Waals surface area contributed by atoms with Crippen LogP contribution in [-0.2, 0) is 4.79 Å². The van der Waals surface area contributed by atoms with Crippen molar-refractivity contribution in [2.45, 2.75) is 25.3 Å². The highest BCUT2D eigenvalue weighted by Gasteiger charge is 2.33. The molecule has 102 valence electrons. The molecule has 19 heavy (non-hydrogen) atoms. The monoisotopic (exact) mass is 326 g/mol. The number of carboxylic acid groups (broad SMARTS) is 1. The summed E-state index contributed by atoms with van der Waals surface area (Å²) in [5, 5.41) is 14.3. The Bertz CT molecular complexity index is 489. The number of halogens is 1. The minimum Gasteiger partial charge on any atom is -0.481 e. The second-order valence-electron chi connectivity index (χ2n) is 4.62. The van der Waals surface area contributed by atoms with E-state index in [-0.39, 0.29) is 18.5 Å². The van der Waals surface area contributed by atoms with Crippen LogP contribution >= 0.6 is 15.9 Å². The van der Waals surface area contributed by atoms with E-state index in [9.17, 15) is 9.59 Å². The number of anilines is 1. The maximum absolute atomic E-state index is 11.9. The Hall–Kier alpha value is -1.56. The molecule has 1 atom stereocenters. The van der Waals surface area contributed by atoms with Gasteiger partial charge in [-0.1, -0.05) is 12.1 Å². The Morgan fingerprint density at radius 3 is 2.63 bits per heavy atom. The molecular formula is C13H15BrN2O3. The topological polar surface area (TPSA) is 78.4 Å². The predicted octanol–water partition coefficient (Wildman–Crippen LogP) is 2.82. The molecule has 1 aliphatic carbocycles. The molecule has 2 amide bonds. The van der Waals surface area contributed by atoms with Gasteiger partial charge in [-0.05, 0) is 46.8 Å². The molecule has 1 aliphatic rings. The van der Waals surface area contributed by atoms with E-state index >= 15 is 0 Å². The molecule has 5 nitrogen and oxygen atoms in total. The average molecular weight is 327 g/mol. The van der Waals surface area contributed by atoms with Crippen molar-refractivity contribution in [1.82, 2.24) is 5.32 Å². The van der Waals surface area contributed by atoms with Crippen LogP contribution in [0, 0.1) is 5.92 Å². The number of aliphatic carboxylic acids is 1. The first-order valence-corrected chi connectivity index (χ1v) is 6.89. The van der Waals surface area contributed by atoms with Gasteiger partial charge < -0.3 is 15.7 Å². The van der Waals surface area contributed by atoms with Gasteiger partial charge in [0.15, 0.2) is 0 Å². The lowest BCUT2D eigenvalue weighted by Crippen LogP contribution is -2.40. The maximum Gasteiger partial charge on any atom is 0.319 e. The Morgan fingerprint density at radius 1 is 1.37 bits per heavy atom. The predicted molar refractivity (Wildman–Crippen MR) is 75.1 cm³/mol. The van der Waals surface area contributed by atoms with Crippen LogP contribution in [0.3, 0.4) is 0 Å². The normalized spacial score (nSPS) is 15.6. The highest BCUT2D eigenvalue weighted by atomic mass is 79.9. The Kier molecular flexibility index (Phi) is 4.42.